The molecule has 0 atom stereocenters. The van der Waals surface area contributed by atoms with Crippen molar-refractivity contribution in [3.8, 4) is 0 Å². The van der Waals surface area contributed by atoms with Gasteiger partial charge < -0.3 is 4.90 Å². The monoisotopic (exact) mass is 379 g/mol. The van der Waals surface area contributed by atoms with Crippen LogP contribution in [0, 0.1) is 10.1 Å². The minimum atomic E-state index is -2.41. The highest BCUT2D eigenvalue weighted by Crippen LogP contribution is 2.29. The fourth-order valence-electron chi connectivity index (χ4n) is 3.07. The van der Waals surface area contributed by atoms with E-state index in [2.05, 4.69) is 4.90 Å². The maximum Gasteiger partial charge on any atom is 0.292 e. The van der Waals surface area contributed by atoms with Crippen LogP contribution in [0.15, 0.2) is 53.4 Å². The Morgan fingerprint density at radius 2 is 1.69 bits per heavy atom. The van der Waals surface area contributed by atoms with E-state index in [0.717, 1.165) is 25.2 Å². The first-order valence-corrected chi connectivity index (χ1v) is 9.15. The number of anilines is 1. The van der Waals surface area contributed by atoms with Gasteiger partial charge in [-0.1, -0.05) is 36.0 Å². The van der Waals surface area contributed by atoms with Crippen LogP contribution in [0.2, 0.25) is 0 Å². The quantitative estimate of drug-likeness (QED) is 0.427. The summed E-state index contributed by atoms with van der Waals surface area (Å²) in [5.41, 5.74) is 1.86. The molecule has 1 saturated heterocycles. The van der Waals surface area contributed by atoms with Crippen LogP contribution in [-0.2, 0) is 6.54 Å². The first-order valence-electron chi connectivity index (χ1n) is 8.27. The lowest BCUT2D eigenvalue weighted by atomic mass is 10.2. The lowest BCUT2D eigenvalue weighted by Gasteiger charge is -2.35. The predicted molar refractivity (Wildman–Crippen MR) is 98.9 cm³/mol. The Hall–Kier alpha value is -2.19. The highest BCUT2D eigenvalue weighted by Gasteiger charge is 2.23. The van der Waals surface area contributed by atoms with Crippen LogP contribution in [-0.4, -0.2) is 41.8 Å². The molecule has 0 amide bonds. The first kappa shape index (κ1) is 18.6. The first-order chi connectivity index (χ1) is 12.5. The van der Waals surface area contributed by atoms with Crippen LogP contribution in [0.1, 0.15) is 5.56 Å². The average molecular weight is 379 g/mol. The van der Waals surface area contributed by atoms with Crippen LogP contribution < -0.4 is 4.90 Å². The van der Waals surface area contributed by atoms with Gasteiger partial charge in [0.15, 0.2) is 0 Å². The molecule has 26 heavy (non-hydrogen) atoms. The molecule has 5 nitrogen and oxygen atoms in total. The molecule has 3 rings (SSSR count). The maximum atomic E-state index is 12.4. The summed E-state index contributed by atoms with van der Waals surface area (Å²) in [4.78, 5) is 15.7. The number of benzene rings is 2. The number of thioether (sulfide) groups is 1. The molecule has 1 aliphatic rings. The molecule has 2 aromatic rings. The van der Waals surface area contributed by atoms with E-state index in [1.807, 2.05) is 23.1 Å². The lowest BCUT2D eigenvalue weighted by Crippen LogP contribution is -2.46. The molecule has 2 aromatic carbocycles. The smallest absolute Gasteiger partial charge is 0.292 e. The van der Waals surface area contributed by atoms with Gasteiger partial charge in [0.05, 0.1) is 4.92 Å². The molecule has 1 fully saturated rings. The van der Waals surface area contributed by atoms with E-state index in [1.165, 1.54) is 6.07 Å². The zero-order valence-electron chi connectivity index (χ0n) is 14.1. The van der Waals surface area contributed by atoms with Gasteiger partial charge in [-0.3, -0.25) is 15.0 Å². The summed E-state index contributed by atoms with van der Waals surface area (Å²) >= 11 is 0.546. The molecule has 1 aliphatic heterocycles. The molecule has 8 heteroatoms. The van der Waals surface area contributed by atoms with E-state index in [9.17, 15) is 18.9 Å². The predicted octanol–water partition coefficient (Wildman–Crippen LogP) is 4.23. The second kappa shape index (κ2) is 8.46. The normalized spacial score (nSPS) is 15.4. The lowest BCUT2D eigenvalue weighted by molar-refractivity contribution is -0.384. The van der Waals surface area contributed by atoms with Crippen molar-refractivity contribution in [3.05, 3.63) is 64.2 Å². The summed E-state index contributed by atoms with van der Waals surface area (Å²) in [6, 6.07) is 14.0. The minimum absolute atomic E-state index is 0.132. The summed E-state index contributed by atoms with van der Waals surface area (Å²) in [5.74, 6) is -2.41. The number of para-hydroxylation sites is 2. The largest absolute Gasteiger partial charge is 0.363 e. The molecule has 0 saturated carbocycles. The van der Waals surface area contributed by atoms with Gasteiger partial charge in [0.25, 0.3) is 11.4 Å². The van der Waals surface area contributed by atoms with Crippen molar-refractivity contribution in [1.29, 1.82) is 0 Å². The van der Waals surface area contributed by atoms with Gasteiger partial charge in [-0.2, -0.15) is 8.78 Å². The third-order valence-electron chi connectivity index (χ3n) is 4.35. The molecule has 0 aliphatic carbocycles. The van der Waals surface area contributed by atoms with Gasteiger partial charge in [-0.05, 0) is 23.8 Å². The van der Waals surface area contributed by atoms with Crippen molar-refractivity contribution in [2.75, 3.05) is 31.1 Å². The van der Waals surface area contributed by atoms with Crippen LogP contribution in [0.5, 0.6) is 0 Å². The molecule has 0 aromatic heterocycles. The Labute approximate surface area is 154 Å². The summed E-state index contributed by atoms with van der Waals surface area (Å²) in [5, 5.41) is 11.2. The van der Waals surface area contributed by atoms with E-state index < -0.39 is 5.76 Å². The molecule has 0 unspecified atom stereocenters. The molecule has 0 spiro atoms. The van der Waals surface area contributed by atoms with Crippen molar-refractivity contribution >= 4 is 23.1 Å². The summed E-state index contributed by atoms with van der Waals surface area (Å²) in [7, 11) is 0. The Morgan fingerprint density at radius 1 is 1.04 bits per heavy atom. The summed E-state index contributed by atoms with van der Waals surface area (Å²) in [6.07, 6.45) is 0. The van der Waals surface area contributed by atoms with Crippen LogP contribution in [0.25, 0.3) is 0 Å². The van der Waals surface area contributed by atoms with Gasteiger partial charge in [0.1, 0.15) is 5.69 Å². The SMILES string of the molecule is O=[N+]([O-])c1ccccc1N1CCN(Cc2ccc(SC(F)F)cc2)CC1. The number of nitrogens with zero attached hydrogens (tertiary/aromatic N) is 3. The highest BCUT2D eigenvalue weighted by molar-refractivity contribution is 7.99. The Balaban J connectivity index is 1.57. The van der Waals surface area contributed by atoms with E-state index >= 15 is 0 Å². The number of hydrogen-bond acceptors (Lipinski definition) is 5. The van der Waals surface area contributed by atoms with Gasteiger partial charge in [0, 0.05) is 43.7 Å². The molecular weight excluding hydrogens is 360 g/mol. The second-order valence-electron chi connectivity index (χ2n) is 6.03. The van der Waals surface area contributed by atoms with E-state index in [4.69, 9.17) is 0 Å². The number of rotatable bonds is 6. The van der Waals surface area contributed by atoms with E-state index in [0.29, 0.717) is 35.4 Å². The zero-order valence-corrected chi connectivity index (χ0v) is 14.9. The van der Waals surface area contributed by atoms with Gasteiger partial charge in [0.2, 0.25) is 0 Å². The van der Waals surface area contributed by atoms with Crippen molar-refractivity contribution in [2.45, 2.75) is 17.2 Å². The molecule has 0 N–H and O–H groups in total. The minimum Gasteiger partial charge on any atom is -0.363 e. The number of piperazine rings is 1. The molecule has 0 bridgehead atoms. The Kier molecular flexibility index (Phi) is 6.05. The molecular formula is C18H19F2N3O2S. The second-order valence-corrected chi connectivity index (χ2v) is 7.09. The maximum absolute atomic E-state index is 12.4. The van der Waals surface area contributed by atoms with Crippen molar-refractivity contribution < 1.29 is 13.7 Å². The van der Waals surface area contributed by atoms with Crippen molar-refractivity contribution in [3.63, 3.8) is 0 Å². The highest BCUT2D eigenvalue weighted by atomic mass is 32.2. The van der Waals surface area contributed by atoms with Crippen LogP contribution in [0.3, 0.4) is 0 Å². The molecule has 1 heterocycles. The Bertz CT molecular complexity index is 750. The standard InChI is InChI=1S/C18H19F2N3O2S/c19-18(20)26-15-7-5-14(6-8-15)13-21-9-11-22(12-10-21)16-3-1-2-4-17(16)23(24)25/h1-8,18H,9-13H2. The van der Waals surface area contributed by atoms with Crippen LogP contribution >= 0.6 is 11.8 Å². The Morgan fingerprint density at radius 3 is 2.31 bits per heavy atom. The fourth-order valence-corrected chi connectivity index (χ4v) is 3.57. The summed E-state index contributed by atoms with van der Waals surface area (Å²) < 4.78 is 24.7. The van der Waals surface area contributed by atoms with E-state index in [1.54, 1.807) is 24.3 Å². The van der Waals surface area contributed by atoms with Crippen molar-refractivity contribution in [2.24, 2.45) is 0 Å². The number of hydrogen-bond donors (Lipinski definition) is 0. The van der Waals surface area contributed by atoms with Gasteiger partial charge in [-0.25, -0.2) is 0 Å². The number of nitro benzene ring substituents is 1. The molecule has 0 radical (unpaired) electrons. The number of halogens is 2. The van der Waals surface area contributed by atoms with Crippen LogP contribution in [0.4, 0.5) is 20.2 Å². The van der Waals surface area contributed by atoms with E-state index in [-0.39, 0.29) is 10.6 Å². The third kappa shape index (κ3) is 4.70. The third-order valence-corrected chi connectivity index (χ3v) is 5.07. The number of nitro groups is 1. The zero-order chi connectivity index (χ0) is 18.5. The molecule has 138 valence electrons. The topological polar surface area (TPSA) is 49.6 Å². The average Bonchev–Trinajstić information content (AvgIpc) is 2.63. The van der Waals surface area contributed by atoms with Gasteiger partial charge >= 0.3 is 0 Å². The summed E-state index contributed by atoms with van der Waals surface area (Å²) in [6.45, 7) is 3.75. The van der Waals surface area contributed by atoms with Gasteiger partial charge in [-0.15, -0.1) is 0 Å². The fraction of sp³-hybridized carbons (Fsp3) is 0.333. The number of alkyl halides is 2. The van der Waals surface area contributed by atoms with Crippen molar-refractivity contribution in [1.82, 2.24) is 4.90 Å².